The van der Waals surface area contributed by atoms with E-state index in [4.69, 9.17) is 4.74 Å². The summed E-state index contributed by atoms with van der Waals surface area (Å²) in [5, 5.41) is 2.30. The maximum atomic E-state index is 12.6. The first-order chi connectivity index (χ1) is 12.8. The number of anilines is 1. The lowest BCUT2D eigenvalue weighted by Gasteiger charge is -2.20. The Kier molecular flexibility index (Phi) is 4.61. The van der Waals surface area contributed by atoms with Crippen LogP contribution in [0.1, 0.15) is 29.9 Å². The summed E-state index contributed by atoms with van der Waals surface area (Å²) in [4.78, 5) is 15.0. The number of hydrogen-bond acceptors (Lipinski definition) is 3. The smallest absolute Gasteiger partial charge is 0.317 e. The molecule has 26 heavy (non-hydrogen) atoms. The number of carbonyl (C=O) groups excluding carboxylic acids is 1. The average Bonchev–Trinajstić information content (AvgIpc) is 3.23. The van der Waals surface area contributed by atoms with Crippen LogP contribution in [0.4, 0.5) is 5.69 Å². The van der Waals surface area contributed by atoms with Crippen molar-refractivity contribution < 1.29 is 9.53 Å². The SMILES string of the molecule is COC(=O)C(c1ccc(N2CCCC2)cc1)c1ccc2ccccc2c1. The van der Waals surface area contributed by atoms with Gasteiger partial charge in [0.05, 0.1) is 7.11 Å². The van der Waals surface area contributed by atoms with Gasteiger partial charge in [0.1, 0.15) is 5.92 Å². The van der Waals surface area contributed by atoms with Crippen molar-refractivity contribution in [3.8, 4) is 0 Å². The molecular weight excluding hydrogens is 322 g/mol. The van der Waals surface area contributed by atoms with Gasteiger partial charge in [0.15, 0.2) is 0 Å². The number of benzene rings is 3. The monoisotopic (exact) mass is 345 g/mol. The van der Waals surface area contributed by atoms with Gasteiger partial charge in [-0.25, -0.2) is 0 Å². The second-order valence-electron chi connectivity index (χ2n) is 6.85. The first-order valence-electron chi connectivity index (χ1n) is 9.18. The van der Waals surface area contributed by atoms with E-state index in [-0.39, 0.29) is 5.97 Å². The van der Waals surface area contributed by atoms with Crippen LogP contribution < -0.4 is 4.90 Å². The Balaban J connectivity index is 1.70. The zero-order valence-electron chi connectivity index (χ0n) is 15.0. The van der Waals surface area contributed by atoms with Crippen LogP contribution in [0.3, 0.4) is 0 Å². The van der Waals surface area contributed by atoms with Crippen LogP contribution in [0, 0.1) is 0 Å². The summed E-state index contributed by atoms with van der Waals surface area (Å²) in [6.45, 7) is 2.23. The minimum Gasteiger partial charge on any atom is -0.468 e. The normalized spacial score (nSPS) is 15.2. The number of nitrogens with zero attached hydrogens (tertiary/aromatic N) is 1. The fourth-order valence-corrected chi connectivity index (χ4v) is 3.82. The highest BCUT2D eigenvalue weighted by atomic mass is 16.5. The topological polar surface area (TPSA) is 29.5 Å². The summed E-state index contributed by atoms with van der Waals surface area (Å²) in [7, 11) is 1.45. The fraction of sp³-hybridized carbons (Fsp3) is 0.261. The molecule has 3 aromatic rings. The lowest BCUT2D eigenvalue weighted by molar-refractivity contribution is -0.141. The molecule has 1 saturated heterocycles. The van der Waals surface area contributed by atoms with Crippen LogP contribution in [0.25, 0.3) is 10.8 Å². The molecule has 0 radical (unpaired) electrons. The number of ether oxygens (including phenoxy) is 1. The third kappa shape index (κ3) is 3.17. The maximum absolute atomic E-state index is 12.6. The zero-order valence-corrected chi connectivity index (χ0v) is 15.0. The minimum atomic E-state index is -0.405. The quantitative estimate of drug-likeness (QED) is 0.639. The molecule has 1 unspecified atom stereocenters. The Morgan fingerprint density at radius 2 is 1.54 bits per heavy atom. The zero-order chi connectivity index (χ0) is 17.9. The minimum absolute atomic E-state index is 0.228. The summed E-state index contributed by atoms with van der Waals surface area (Å²) in [5.41, 5.74) is 3.16. The number of hydrogen-bond donors (Lipinski definition) is 0. The number of methoxy groups -OCH3 is 1. The Morgan fingerprint density at radius 3 is 2.23 bits per heavy atom. The van der Waals surface area contributed by atoms with E-state index in [1.807, 2.05) is 18.2 Å². The van der Waals surface area contributed by atoms with Crippen LogP contribution in [0.15, 0.2) is 66.7 Å². The molecule has 132 valence electrons. The fourth-order valence-electron chi connectivity index (χ4n) is 3.82. The van der Waals surface area contributed by atoms with Crippen LogP contribution >= 0.6 is 0 Å². The summed E-state index contributed by atoms with van der Waals surface area (Å²) in [6.07, 6.45) is 2.51. The highest BCUT2D eigenvalue weighted by molar-refractivity contribution is 5.87. The molecule has 1 atom stereocenters. The first kappa shape index (κ1) is 16.6. The van der Waals surface area contributed by atoms with Gasteiger partial charge in [-0.1, -0.05) is 48.5 Å². The van der Waals surface area contributed by atoms with E-state index in [0.29, 0.717) is 0 Å². The van der Waals surface area contributed by atoms with Gasteiger partial charge in [0, 0.05) is 18.8 Å². The second kappa shape index (κ2) is 7.20. The van der Waals surface area contributed by atoms with Gasteiger partial charge >= 0.3 is 5.97 Å². The van der Waals surface area contributed by atoms with E-state index in [1.165, 1.54) is 31.0 Å². The third-order valence-corrected chi connectivity index (χ3v) is 5.24. The summed E-state index contributed by atoms with van der Waals surface area (Å²) in [6, 6.07) is 22.7. The number of fused-ring (bicyclic) bond motifs is 1. The molecule has 0 saturated carbocycles. The predicted molar refractivity (Wildman–Crippen MR) is 106 cm³/mol. The van der Waals surface area contributed by atoms with Crippen LogP contribution in [-0.2, 0) is 9.53 Å². The highest BCUT2D eigenvalue weighted by Crippen LogP contribution is 2.30. The third-order valence-electron chi connectivity index (χ3n) is 5.24. The van der Waals surface area contributed by atoms with Gasteiger partial charge < -0.3 is 9.64 Å². The standard InChI is InChI=1S/C23H23NO2/c1-26-23(25)22(20-9-8-17-6-2-3-7-19(17)16-20)18-10-12-21(13-11-18)24-14-4-5-15-24/h2-3,6-13,16,22H,4-5,14-15H2,1H3. The van der Waals surface area contributed by atoms with Crippen LogP contribution in [-0.4, -0.2) is 26.2 Å². The second-order valence-corrected chi connectivity index (χ2v) is 6.85. The predicted octanol–water partition coefficient (Wildman–Crippen LogP) is 4.74. The van der Waals surface area contributed by atoms with E-state index < -0.39 is 5.92 Å². The summed E-state index contributed by atoms with van der Waals surface area (Å²) in [5.74, 6) is -0.633. The van der Waals surface area contributed by atoms with Gasteiger partial charge in [0.25, 0.3) is 0 Å². The summed E-state index contributed by atoms with van der Waals surface area (Å²) >= 11 is 0. The highest BCUT2D eigenvalue weighted by Gasteiger charge is 2.24. The first-order valence-corrected chi connectivity index (χ1v) is 9.18. The molecule has 0 bridgehead atoms. The van der Waals surface area contributed by atoms with Crippen LogP contribution in [0.5, 0.6) is 0 Å². The Labute approximate surface area is 154 Å². The number of esters is 1. The number of rotatable bonds is 4. The molecule has 0 aromatic heterocycles. The van der Waals surface area contributed by atoms with E-state index in [9.17, 15) is 4.79 Å². The van der Waals surface area contributed by atoms with Crippen molar-refractivity contribution in [2.24, 2.45) is 0 Å². The molecule has 0 N–H and O–H groups in total. The van der Waals surface area contributed by atoms with Crippen LogP contribution in [0.2, 0.25) is 0 Å². The number of carbonyl (C=O) groups is 1. The van der Waals surface area contributed by atoms with Crippen molar-refractivity contribution >= 4 is 22.4 Å². The lowest BCUT2D eigenvalue weighted by atomic mass is 9.90. The van der Waals surface area contributed by atoms with Gasteiger partial charge in [0.2, 0.25) is 0 Å². The van der Waals surface area contributed by atoms with Gasteiger partial charge in [-0.3, -0.25) is 4.79 Å². The maximum Gasteiger partial charge on any atom is 0.317 e. The van der Waals surface area contributed by atoms with E-state index in [1.54, 1.807) is 0 Å². The van der Waals surface area contributed by atoms with E-state index in [0.717, 1.165) is 29.6 Å². The molecular formula is C23H23NO2. The van der Waals surface area contributed by atoms with Crippen molar-refractivity contribution in [2.45, 2.75) is 18.8 Å². The largest absolute Gasteiger partial charge is 0.468 e. The molecule has 1 heterocycles. The van der Waals surface area contributed by atoms with Gasteiger partial charge in [-0.15, -0.1) is 0 Å². The Morgan fingerprint density at radius 1 is 0.885 bits per heavy atom. The molecule has 0 spiro atoms. The average molecular weight is 345 g/mol. The molecule has 0 amide bonds. The van der Waals surface area contributed by atoms with Crippen molar-refractivity contribution in [3.63, 3.8) is 0 Å². The van der Waals surface area contributed by atoms with Gasteiger partial charge in [-0.2, -0.15) is 0 Å². The van der Waals surface area contributed by atoms with Crippen molar-refractivity contribution in [1.29, 1.82) is 0 Å². The molecule has 3 aromatic carbocycles. The summed E-state index contributed by atoms with van der Waals surface area (Å²) < 4.78 is 5.11. The molecule has 0 aliphatic carbocycles. The van der Waals surface area contributed by atoms with E-state index >= 15 is 0 Å². The van der Waals surface area contributed by atoms with Crippen molar-refractivity contribution in [2.75, 3.05) is 25.1 Å². The van der Waals surface area contributed by atoms with Crippen molar-refractivity contribution in [3.05, 3.63) is 77.9 Å². The molecule has 1 aliphatic rings. The lowest BCUT2D eigenvalue weighted by Crippen LogP contribution is -2.18. The van der Waals surface area contributed by atoms with Crippen molar-refractivity contribution in [1.82, 2.24) is 0 Å². The molecule has 3 nitrogen and oxygen atoms in total. The Hall–Kier alpha value is -2.81. The molecule has 3 heteroatoms. The molecule has 4 rings (SSSR count). The van der Waals surface area contributed by atoms with Gasteiger partial charge in [-0.05, 0) is 52.9 Å². The molecule has 1 aliphatic heterocycles. The molecule has 1 fully saturated rings. The Bertz CT molecular complexity index is 911. The van der Waals surface area contributed by atoms with E-state index in [2.05, 4.69) is 53.4 Å².